The van der Waals surface area contributed by atoms with Crippen LogP contribution < -0.4 is 10.2 Å². The molecule has 0 spiro atoms. The SMILES string of the molecule is O=C(Nc1ccc([C@@H]2O[C@H](CN3CCN(c4ncccn4)CC3)C[C@H](c3ccc(CO)cc3)O2)cc1)c1c(F)c(F)c(F)c(F)c1F. The molecule has 9 nitrogen and oxygen atoms in total. The lowest BCUT2D eigenvalue weighted by Gasteiger charge is -2.40. The molecule has 0 saturated carbocycles. The highest BCUT2D eigenvalue weighted by Gasteiger charge is 2.34. The van der Waals surface area contributed by atoms with E-state index >= 15 is 0 Å². The second-order valence-electron chi connectivity index (χ2n) is 11.2. The number of ether oxygens (including phenoxy) is 2. The van der Waals surface area contributed by atoms with Crippen LogP contribution >= 0.6 is 0 Å². The fourth-order valence-electron chi connectivity index (χ4n) is 5.63. The predicted molar refractivity (Wildman–Crippen MR) is 160 cm³/mol. The number of rotatable bonds is 8. The Morgan fingerprint density at radius 1 is 0.809 bits per heavy atom. The Morgan fingerprint density at radius 2 is 1.40 bits per heavy atom. The molecule has 0 aliphatic carbocycles. The molecule has 0 radical (unpaired) electrons. The Hall–Kier alpha value is -4.50. The summed E-state index contributed by atoms with van der Waals surface area (Å²) in [4.78, 5) is 25.6. The average Bonchev–Trinajstić information content (AvgIpc) is 3.11. The number of carbonyl (C=O) groups is 1. The second-order valence-corrected chi connectivity index (χ2v) is 11.2. The van der Waals surface area contributed by atoms with Crippen LogP contribution in [0.25, 0.3) is 0 Å². The van der Waals surface area contributed by atoms with E-state index < -0.39 is 46.8 Å². The summed E-state index contributed by atoms with van der Waals surface area (Å²) in [7, 11) is 0. The lowest BCUT2D eigenvalue weighted by molar-refractivity contribution is -0.253. The minimum absolute atomic E-state index is 0.0476. The molecular formula is C33H30F5N5O4. The average molecular weight is 656 g/mol. The van der Waals surface area contributed by atoms with E-state index in [1.54, 1.807) is 30.6 Å². The summed E-state index contributed by atoms with van der Waals surface area (Å²) >= 11 is 0. The molecule has 246 valence electrons. The molecule has 0 unspecified atom stereocenters. The molecule has 3 aromatic carbocycles. The zero-order valence-electron chi connectivity index (χ0n) is 24.9. The molecule has 2 saturated heterocycles. The van der Waals surface area contributed by atoms with Crippen LogP contribution in [0.4, 0.5) is 33.6 Å². The highest BCUT2D eigenvalue weighted by Crippen LogP contribution is 2.38. The van der Waals surface area contributed by atoms with Gasteiger partial charge in [0.05, 0.1) is 18.8 Å². The maximum Gasteiger partial charge on any atom is 0.261 e. The molecule has 6 rings (SSSR count). The standard InChI is InChI=1S/C33H30F5N5O4/c34-26-25(27(35)29(37)30(38)28(26)36)31(45)41-22-8-6-21(7-9-22)32-46-23(16-24(47-32)20-4-2-19(18-44)3-5-20)17-42-12-14-43(15-13-42)33-39-10-1-11-40-33/h1-11,23-24,32,44H,12-18H2,(H,41,45)/t23-,24+,32+/m0/s1. The van der Waals surface area contributed by atoms with Crippen molar-refractivity contribution in [2.75, 3.05) is 42.9 Å². The van der Waals surface area contributed by atoms with E-state index in [9.17, 15) is 31.9 Å². The Morgan fingerprint density at radius 3 is 2.02 bits per heavy atom. The fourth-order valence-corrected chi connectivity index (χ4v) is 5.63. The number of nitrogens with one attached hydrogen (secondary N) is 1. The van der Waals surface area contributed by atoms with Crippen molar-refractivity contribution >= 4 is 17.5 Å². The summed E-state index contributed by atoms with van der Waals surface area (Å²) in [5.41, 5.74) is 0.703. The molecule has 1 amide bonds. The van der Waals surface area contributed by atoms with Gasteiger partial charge in [0.2, 0.25) is 11.8 Å². The monoisotopic (exact) mass is 655 g/mol. The van der Waals surface area contributed by atoms with Gasteiger partial charge >= 0.3 is 0 Å². The van der Waals surface area contributed by atoms with Crippen molar-refractivity contribution in [3.05, 3.63) is 118 Å². The lowest BCUT2D eigenvalue weighted by atomic mass is 9.99. The molecule has 14 heteroatoms. The number of carbonyl (C=O) groups excluding carboxylic acids is 1. The van der Waals surface area contributed by atoms with Crippen LogP contribution in [-0.2, 0) is 16.1 Å². The van der Waals surface area contributed by atoms with Crippen LogP contribution in [0, 0.1) is 29.1 Å². The zero-order valence-corrected chi connectivity index (χ0v) is 24.9. The van der Waals surface area contributed by atoms with Crippen molar-refractivity contribution < 1.29 is 41.3 Å². The first-order chi connectivity index (χ1) is 22.7. The maximum atomic E-state index is 14.1. The Kier molecular flexibility index (Phi) is 9.73. The fraction of sp³-hybridized carbons (Fsp3) is 0.303. The van der Waals surface area contributed by atoms with Gasteiger partial charge in [0.25, 0.3) is 5.91 Å². The third-order valence-corrected chi connectivity index (χ3v) is 8.16. The first-order valence-corrected chi connectivity index (χ1v) is 14.9. The van der Waals surface area contributed by atoms with Gasteiger partial charge in [0.1, 0.15) is 5.56 Å². The molecular weight excluding hydrogens is 625 g/mol. The summed E-state index contributed by atoms with van der Waals surface area (Å²) in [6, 6.07) is 15.2. The number of amides is 1. The lowest BCUT2D eigenvalue weighted by Crippen LogP contribution is -2.50. The number of halogens is 5. The van der Waals surface area contributed by atoms with Crippen LogP contribution in [0.1, 0.15) is 45.9 Å². The quantitative estimate of drug-likeness (QED) is 0.150. The summed E-state index contributed by atoms with van der Waals surface area (Å²) in [5, 5.41) is 11.6. The zero-order chi connectivity index (χ0) is 33.1. The van der Waals surface area contributed by atoms with E-state index in [1.807, 2.05) is 24.3 Å². The van der Waals surface area contributed by atoms with Crippen molar-refractivity contribution in [2.24, 2.45) is 0 Å². The van der Waals surface area contributed by atoms with Gasteiger partial charge in [0.15, 0.2) is 29.6 Å². The Balaban J connectivity index is 1.16. The summed E-state index contributed by atoms with van der Waals surface area (Å²) < 4.78 is 81.7. The van der Waals surface area contributed by atoms with Gasteiger partial charge in [-0.3, -0.25) is 9.69 Å². The molecule has 2 aliphatic rings. The number of hydrogen-bond acceptors (Lipinski definition) is 8. The van der Waals surface area contributed by atoms with Gasteiger partial charge in [-0.2, -0.15) is 0 Å². The number of aliphatic hydroxyl groups is 1. The number of anilines is 2. The number of aromatic nitrogens is 2. The topological polar surface area (TPSA) is 100 Å². The van der Waals surface area contributed by atoms with Gasteiger partial charge in [0, 0.05) is 62.8 Å². The molecule has 4 aromatic rings. The van der Waals surface area contributed by atoms with Crippen molar-refractivity contribution in [3.63, 3.8) is 0 Å². The maximum absolute atomic E-state index is 14.1. The minimum atomic E-state index is -2.35. The third kappa shape index (κ3) is 7.10. The van der Waals surface area contributed by atoms with Crippen LogP contribution in [-0.4, -0.2) is 64.7 Å². The molecule has 0 bridgehead atoms. The highest BCUT2D eigenvalue weighted by atomic mass is 19.2. The van der Waals surface area contributed by atoms with Crippen molar-refractivity contribution in [1.29, 1.82) is 0 Å². The van der Waals surface area contributed by atoms with E-state index in [4.69, 9.17) is 9.47 Å². The molecule has 47 heavy (non-hydrogen) atoms. The van der Waals surface area contributed by atoms with Crippen LogP contribution in [0.15, 0.2) is 67.0 Å². The van der Waals surface area contributed by atoms with E-state index in [0.29, 0.717) is 24.5 Å². The number of nitrogens with zero attached hydrogens (tertiary/aromatic N) is 4. The van der Waals surface area contributed by atoms with E-state index in [1.165, 1.54) is 12.1 Å². The highest BCUT2D eigenvalue weighted by molar-refractivity contribution is 6.04. The van der Waals surface area contributed by atoms with Gasteiger partial charge in [-0.05, 0) is 29.3 Å². The van der Waals surface area contributed by atoms with E-state index in [-0.39, 0.29) is 24.5 Å². The minimum Gasteiger partial charge on any atom is -0.392 e. The number of piperazine rings is 1. The number of hydrogen-bond donors (Lipinski definition) is 2. The van der Waals surface area contributed by atoms with Crippen LogP contribution in [0.3, 0.4) is 0 Å². The predicted octanol–water partition coefficient (Wildman–Crippen LogP) is 5.28. The van der Waals surface area contributed by atoms with Crippen molar-refractivity contribution in [1.82, 2.24) is 14.9 Å². The van der Waals surface area contributed by atoms with Crippen LogP contribution in [0.5, 0.6) is 0 Å². The molecule has 2 N–H and O–H groups in total. The van der Waals surface area contributed by atoms with E-state index in [0.717, 1.165) is 37.3 Å². The molecule has 2 fully saturated rings. The third-order valence-electron chi connectivity index (χ3n) is 8.16. The number of aliphatic hydroxyl groups excluding tert-OH is 1. The molecule has 2 aliphatic heterocycles. The normalized spacial score (nSPS) is 20.3. The molecule has 3 atom stereocenters. The Bertz CT molecular complexity index is 1680. The van der Waals surface area contributed by atoms with Gasteiger partial charge in [-0.15, -0.1) is 0 Å². The summed E-state index contributed by atoms with van der Waals surface area (Å²) in [6.45, 7) is 3.59. The summed E-state index contributed by atoms with van der Waals surface area (Å²) in [6.07, 6.45) is 2.59. The van der Waals surface area contributed by atoms with Gasteiger partial charge in [-0.25, -0.2) is 31.9 Å². The first kappa shape index (κ1) is 32.4. The smallest absolute Gasteiger partial charge is 0.261 e. The molecule has 1 aromatic heterocycles. The second kappa shape index (κ2) is 14.1. The van der Waals surface area contributed by atoms with Crippen LogP contribution in [0.2, 0.25) is 0 Å². The van der Waals surface area contributed by atoms with Crippen molar-refractivity contribution in [3.8, 4) is 0 Å². The molecule has 3 heterocycles. The number of benzene rings is 3. The van der Waals surface area contributed by atoms with E-state index in [2.05, 4.69) is 25.1 Å². The Labute approximate surface area is 266 Å². The largest absolute Gasteiger partial charge is 0.392 e. The van der Waals surface area contributed by atoms with Gasteiger partial charge < -0.3 is 24.8 Å². The van der Waals surface area contributed by atoms with Gasteiger partial charge in [-0.1, -0.05) is 36.4 Å². The summed E-state index contributed by atoms with van der Waals surface area (Å²) in [5.74, 6) is -12.0. The van der Waals surface area contributed by atoms with Crippen molar-refractivity contribution in [2.45, 2.75) is 31.5 Å². The first-order valence-electron chi connectivity index (χ1n) is 14.9.